The Morgan fingerprint density at radius 3 is 1.55 bits per heavy atom. The molecule has 31 heavy (non-hydrogen) atoms. The second-order valence-corrected chi connectivity index (χ2v) is 10.4. The maximum absolute atomic E-state index is 13.3. The third kappa shape index (κ3) is 3.84. The van der Waals surface area contributed by atoms with Crippen molar-refractivity contribution < 1.29 is 17.9 Å². The quantitative estimate of drug-likeness (QED) is 0.410. The highest BCUT2D eigenvalue weighted by Gasteiger charge is 2.26. The minimum Gasteiger partial charge on any atom is -0.492 e. The van der Waals surface area contributed by atoms with Crippen LogP contribution in [0.3, 0.4) is 0 Å². The van der Waals surface area contributed by atoms with Crippen molar-refractivity contribution in [2.24, 2.45) is 0 Å². The van der Waals surface area contributed by atoms with E-state index in [-0.39, 0.29) is 0 Å². The van der Waals surface area contributed by atoms with Gasteiger partial charge in [0, 0.05) is 0 Å². The van der Waals surface area contributed by atoms with Gasteiger partial charge in [0.15, 0.2) is 0 Å². The molecule has 0 bridgehead atoms. The van der Waals surface area contributed by atoms with Gasteiger partial charge >= 0.3 is 0 Å². The molecule has 2 heterocycles. The molecule has 0 N–H and O–H groups in total. The number of hydrogen-bond donors (Lipinski definition) is 0. The van der Waals surface area contributed by atoms with E-state index in [9.17, 15) is 18.0 Å². The zero-order chi connectivity index (χ0) is 22.2. The van der Waals surface area contributed by atoms with E-state index >= 15 is 0 Å². The lowest BCUT2D eigenvalue weighted by Gasteiger charge is -2.09. The molecular weight excluding hydrogens is 456 g/mol. The molecule has 0 fully saturated rings. The number of hydrogen-bond acceptors (Lipinski definition) is 8. The van der Waals surface area contributed by atoms with Gasteiger partial charge in [-0.3, -0.25) is 9.59 Å². The van der Waals surface area contributed by atoms with Crippen LogP contribution < -0.4 is 19.0 Å². The van der Waals surface area contributed by atoms with Crippen LogP contribution in [0.15, 0.2) is 67.9 Å². The largest absolute Gasteiger partial charge is 0.492 e. The normalized spacial score (nSPS) is 11.7. The van der Waals surface area contributed by atoms with Crippen molar-refractivity contribution in [3.63, 3.8) is 0 Å². The molecular formula is C22H18O6S3. The number of ether oxygens (including phenoxy) is 2. The van der Waals surface area contributed by atoms with Gasteiger partial charge < -0.3 is 9.47 Å². The Morgan fingerprint density at radius 2 is 1.16 bits per heavy atom. The molecule has 2 aromatic heterocycles. The van der Waals surface area contributed by atoms with Crippen LogP contribution in [0.5, 0.6) is 11.5 Å². The average molecular weight is 475 g/mol. The van der Waals surface area contributed by atoms with Crippen molar-refractivity contribution in [2.45, 2.75) is 23.6 Å². The van der Waals surface area contributed by atoms with Crippen LogP contribution in [-0.4, -0.2) is 21.6 Å². The van der Waals surface area contributed by atoms with Crippen LogP contribution in [0.1, 0.15) is 13.8 Å². The fourth-order valence-corrected chi connectivity index (χ4v) is 7.01. The van der Waals surface area contributed by atoms with Crippen molar-refractivity contribution in [3.8, 4) is 11.5 Å². The van der Waals surface area contributed by atoms with Gasteiger partial charge in [-0.2, -0.15) is 0 Å². The third-order valence-electron chi connectivity index (χ3n) is 4.56. The summed E-state index contributed by atoms with van der Waals surface area (Å²) in [5, 5.41) is 1.12. The summed E-state index contributed by atoms with van der Waals surface area (Å²) in [6.45, 7) is 4.49. The molecule has 2 aromatic carbocycles. The maximum Gasteiger partial charge on any atom is 0.252 e. The Balaban J connectivity index is 1.93. The number of sulfone groups is 1. The fraction of sp³-hybridized carbons (Fsp3) is 0.182. The molecule has 4 rings (SSSR count). The molecule has 0 aliphatic carbocycles. The van der Waals surface area contributed by atoms with Crippen molar-refractivity contribution >= 4 is 52.7 Å². The van der Waals surface area contributed by atoms with Gasteiger partial charge in [-0.15, -0.1) is 0 Å². The van der Waals surface area contributed by atoms with E-state index in [2.05, 4.69) is 0 Å². The van der Waals surface area contributed by atoms with E-state index < -0.39 is 29.1 Å². The summed E-state index contributed by atoms with van der Waals surface area (Å²) in [5.41, 5.74) is 0. The second kappa shape index (κ2) is 8.41. The Kier molecular flexibility index (Phi) is 5.83. The van der Waals surface area contributed by atoms with Crippen LogP contribution in [0.2, 0.25) is 0 Å². The Labute approximate surface area is 186 Å². The lowest BCUT2D eigenvalue weighted by atomic mass is 10.2. The highest BCUT2D eigenvalue weighted by molar-refractivity contribution is 7.91. The van der Waals surface area contributed by atoms with Gasteiger partial charge in [0.1, 0.15) is 21.3 Å². The fourth-order valence-electron chi connectivity index (χ4n) is 3.23. The predicted octanol–water partition coefficient (Wildman–Crippen LogP) is 4.47. The van der Waals surface area contributed by atoms with Gasteiger partial charge in [-0.1, -0.05) is 46.9 Å². The zero-order valence-corrected chi connectivity index (χ0v) is 19.2. The van der Waals surface area contributed by atoms with E-state index in [0.29, 0.717) is 44.9 Å². The topological polar surface area (TPSA) is 86.7 Å². The van der Waals surface area contributed by atoms with Crippen LogP contribution in [0, 0.1) is 0 Å². The molecule has 0 spiro atoms. The minimum atomic E-state index is -4.32. The first kappa shape index (κ1) is 21.5. The molecule has 0 saturated heterocycles. The smallest absolute Gasteiger partial charge is 0.252 e. The highest BCUT2D eigenvalue weighted by Crippen LogP contribution is 2.32. The second-order valence-electron chi connectivity index (χ2n) is 6.51. The van der Waals surface area contributed by atoms with Gasteiger partial charge in [0.25, 0.3) is 9.48 Å². The molecule has 0 aliphatic heterocycles. The summed E-state index contributed by atoms with van der Waals surface area (Å²) in [5.74, 6) is 1.04. The highest BCUT2D eigenvalue weighted by atomic mass is 32.2. The lowest BCUT2D eigenvalue weighted by molar-refractivity contribution is 0.344. The van der Waals surface area contributed by atoms with Crippen molar-refractivity contribution in [3.05, 3.63) is 67.6 Å². The molecule has 0 saturated carbocycles. The Hall–Kier alpha value is -2.75. The minimum absolute atomic E-state index is 0.414. The van der Waals surface area contributed by atoms with Crippen LogP contribution >= 0.6 is 22.7 Å². The molecule has 0 radical (unpaired) electrons. The lowest BCUT2D eigenvalue weighted by Crippen LogP contribution is -2.18. The van der Waals surface area contributed by atoms with Crippen LogP contribution in [0.4, 0.5) is 0 Å². The first-order chi connectivity index (χ1) is 14.9. The average Bonchev–Trinajstić information content (AvgIpc) is 2.74. The molecule has 0 amide bonds. The van der Waals surface area contributed by atoms with Crippen molar-refractivity contribution in [2.75, 3.05) is 13.2 Å². The SMILES string of the molecule is CCOc1cccc2cc(S(=O)(=O)c3cc4cccc(OCC)c4sc3=O)c(=O)sc12. The van der Waals surface area contributed by atoms with E-state index in [4.69, 9.17) is 9.47 Å². The molecule has 0 aliphatic rings. The van der Waals surface area contributed by atoms with E-state index in [1.54, 1.807) is 36.4 Å². The summed E-state index contributed by atoms with van der Waals surface area (Å²) < 4.78 is 37.6. The first-order valence-electron chi connectivity index (χ1n) is 9.51. The zero-order valence-electron chi connectivity index (χ0n) is 16.7. The molecule has 160 valence electrons. The predicted molar refractivity (Wildman–Crippen MR) is 124 cm³/mol. The van der Waals surface area contributed by atoms with Gasteiger partial charge in [0.2, 0.25) is 9.84 Å². The van der Waals surface area contributed by atoms with Crippen molar-refractivity contribution in [1.82, 2.24) is 0 Å². The molecule has 4 aromatic rings. The third-order valence-corrected chi connectivity index (χ3v) is 8.68. The summed E-state index contributed by atoms with van der Waals surface area (Å²) >= 11 is 1.59. The summed E-state index contributed by atoms with van der Waals surface area (Å²) in [7, 11) is -4.32. The Bertz CT molecular complexity index is 1410. The van der Waals surface area contributed by atoms with E-state index in [0.717, 1.165) is 22.7 Å². The van der Waals surface area contributed by atoms with E-state index in [1.165, 1.54) is 12.1 Å². The van der Waals surface area contributed by atoms with E-state index in [1.807, 2.05) is 13.8 Å². The summed E-state index contributed by atoms with van der Waals surface area (Å²) in [6.07, 6.45) is 0. The first-order valence-corrected chi connectivity index (χ1v) is 12.6. The van der Waals surface area contributed by atoms with Crippen LogP contribution in [0.25, 0.3) is 20.2 Å². The van der Waals surface area contributed by atoms with Gasteiger partial charge in [0.05, 0.1) is 22.6 Å². The standard InChI is InChI=1S/C22H18O6S3/c1-3-27-15-9-5-7-13-11-17(21(23)29-19(13)15)31(25,26)18-12-14-8-6-10-16(28-4-2)20(14)30-22(18)24/h5-12H,3-4H2,1-2H3. The molecule has 9 heteroatoms. The Morgan fingerprint density at radius 1 is 0.742 bits per heavy atom. The van der Waals surface area contributed by atoms with Gasteiger partial charge in [-0.05, 0) is 48.9 Å². The number of benzene rings is 2. The molecule has 6 nitrogen and oxygen atoms in total. The maximum atomic E-state index is 13.3. The van der Waals surface area contributed by atoms with Crippen LogP contribution in [-0.2, 0) is 9.84 Å². The number of rotatable bonds is 6. The molecule has 0 unspecified atom stereocenters. The van der Waals surface area contributed by atoms with Gasteiger partial charge in [-0.25, -0.2) is 8.42 Å². The summed E-state index contributed by atoms with van der Waals surface area (Å²) in [6, 6.07) is 13.0. The van der Waals surface area contributed by atoms with Crippen molar-refractivity contribution in [1.29, 1.82) is 0 Å². The molecule has 0 atom stereocenters. The summed E-state index contributed by atoms with van der Waals surface area (Å²) in [4.78, 5) is 24.8. The monoisotopic (exact) mass is 474 g/mol. The number of fused-ring (bicyclic) bond motifs is 2.